The Bertz CT molecular complexity index is 2600. The number of phenols is 1. The van der Waals surface area contributed by atoms with Gasteiger partial charge in [0.1, 0.15) is 48.0 Å². The number of nitrogens with two attached hydrogens (primary N) is 4. The van der Waals surface area contributed by atoms with Gasteiger partial charge in [-0.2, -0.15) is 13.2 Å². The molecule has 0 unspecified atom stereocenters. The summed E-state index contributed by atoms with van der Waals surface area (Å²) in [6.45, 7) is -0.422. The molecule has 0 bridgehead atoms. The molecule has 0 radical (unpaired) electrons. The highest BCUT2D eigenvalue weighted by Crippen LogP contribution is 2.26. The first-order valence-electron chi connectivity index (χ1n) is 24.7. The monoisotopic (exact) mass is 1180 g/mol. The second-order valence-electron chi connectivity index (χ2n) is 18.1. The van der Waals surface area contributed by atoms with Gasteiger partial charge in [-0.3, -0.25) is 57.7 Å². The number of nitrogens with zero attached hydrogens (tertiary/aromatic N) is 2. The van der Waals surface area contributed by atoms with Gasteiger partial charge in [-0.05, 0) is 55.4 Å². The third-order valence-corrected chi connectivity index (χ3v) is 14.1. The summed E-state index contributed by atoms with van der Waals surface area (Å²) in [5.74, 6) is -13.3. The lowest BCUT2D eigenvalue weighted by atomic mass is 10.0. The van der Waals surface area contributed by atoms with Crippen molar-refractivity contribution in [2.24, 2.45) is 27.9 Å². The molecule has 0 aromatic heterocycles. The number of carbonyl (C=O) groups is 12. The largest absolute Gasteiger partial charge is 0.508 e. The maximum Gasteiger partial charge on any atom is 0.490 e. The number of halogens is 3. The van der Waals surface area contributed by atoms with Gasteiger partial charge in [-0.1, -0.05) is 64.1 Å². The van der Waals surface area contributed by atoms with Gasteiger partial charge in [0, 0.05) is 50.3 Å². The molecular formula is C48H64F3N13O15S2. The first kappa shape index (κ1) is 66.9. The number of primary amides is 2. The van der Waals surface area contributed by atoms with Crippen molar-refractivity contribution in [1.29, 1.82) is 0 Å². The number of aliphatic imine (C=N–C) groups is 1. The first-order chi connectivity index (χ1) is 38.1. The van der Waals surface area contributed by atoms with Gasteiger partial charge in [-0.15, -0.1) is 0 Å². The fourth-order valence-corrected chi connectivity index (χ4v) is 9.91. The lowest BCUT2D eigenvalue weighted by Crippen LogP contribution is -2.61. The fraction of sp³-hybridized carbons (Fsp3) is 0.479. The van der Waals surface area contributed by atoms with E-state index in [0.29, 0.717) is 17.5 Å². The number of alkyl halides is 3. The summed E-state index contributed by atoms with van der Waals surface area (Å²) in [7, 11) is 2.17. The maximum atomic E-state index is 14.5. The number of likely N-dealkylation sites (tertiary alicyclic amines) is 1. The number of carbonyl (C=O) groups excluding carboxylic acids is 10. The number of phenolic OH excluding ortho intramolecular Hbond substituents is 1. The summed E-state index contributed by atoms with van der Waals surface area (Å²) >= 11 is 0. The second kappa shape index (κ2) is 33.3. The van der Waals surface area contributed by atoms with E-state index >= 15 is 0 Å². The number of guanidine groups is 1. The van der Waals surface area contributed by atoms with Crippen LogP contribution < -0.4 is 60.2 Å². The summed E-state index contributed by atoms with van der Waals surface area (Å²) in [4.78, 5) is 161. The van der Waals surface area contributed by atoms with Crippen LogP contribution in [0.25, 0.3) is 0 Å². The van der Waals surface area contributed by atoms with Crippen LogP contribution in [0, 0.1) is 0 Å². The Morgan fingerprint density at radius 2 is 1.32 bits per heavy atom. The fourth-order valence-electron chi connectivity index (χ4n) is 7.76. The molecule has 2 aliphatic rings. The number of benzene rings is 2. The van der Waals surface area contributed by atoms with Gasteiger partial charge < -0.3 is 80.4 Å². The van der Waals surface area contributed by atoms with Crippen molar-refractivity contribution in [3.05, 3.63) is 65.7 Å². The molecule has 0 aliphatic carbocycles. The van der Waals surface area contributed by atoms with Crippen molar-refractivity contribution in [3.8, 4) is 5.75 Å². The predicted octanol–water partition coefficient (Wildman–Crippen LogP) is -3.11. The Balaban J connectivity index is 0.00000230. The highest BCUT2D eigenvalue weighted by atomic mass is 33.1. The molecule has 81 heavy (non-hydrogen) atoms. The highest BCUT2D eigenvalue weighted by Gasteiger charge is 2.41. The van der Waals surface area contributed by atoms with E-state index < -0.39 is 145 Å². The van der Waals surface area contributed by atoms with E-state index in [1.165, 1.54) is 17.0 Å². The van der Waals surface area contributed by atoms with Crippen LogP contribution in [0.1, 0.15) is 62.5 Å². The average Bonchev–Trinajstić information content (AvgIpc) is 3.89. The molecule has 2 aromatic rings. The summed E-state index contributed by atoms with van der Waals surface area (Å²) in [6.07, 6.45) is -6.87. The number of amides is 10. The smallest absolute Gasteiger partial charge is 0.490 e. The second-order valence-corrected chi connectivity index (χ2v) is 20.7. The van der Waals surface area contributed by atoms with Crippen molar-refractivity contribution in [2.75, 3.05) is 31.1 Å². The zero-order valence-corrected chi connectivity index (χ0v) is 44.9. The average molecular weight is 1180 g/mol. The minimum Gasteiger partial charge on any atom is -0.508 e. The van der Waals surface area contributed by atoms with E-state index in [4.69, 9.17) is 32.8 Å². The molecule has 7 atom stereocenters. The Hall–Kier alpha value is -8.36. The number of carboxylic acids is 2. The quantitative estimate of drug-likeness (QED) is 0.0287. The number of hydrogen-bond donors (Lipinski definition) is 14. The third kappa shape index (κ3) is 24.7. The van der Waals surface area contributed by atoms with Gasteiger partial charge in [0.2, 0.25) is 59.1 Å². The Labute approximate surface area is 468 Å². The molecule has 0 spiro atoms. The van der Waals surface area contributed by atoms with Crippen molar-refractivity contribution >= 4 is 98.6 Å². The van der Waals surface area contributed by atoms with Crippen LogP contribution in [0.15, 0.2) is 59.6 Å². The van der Waals surface area contributed by atoms with Crippen molar-refractivity contribution in [3.63, 3.8) is 0 Å². The van der Waals surface area contributed by atoms with E-state index in [0.717, 1.165) is 21.6 Å². The SMILES string of the molecule is NC(=O)CNC(=O)[C@H](CCCN=C(N)N)NC(=O)[C@@H]1CCCN1C(=O)[C@@H]1CSSCCC(=O)N[C@@H](Cc2ccc(O)cc2)C(=O)N[C@@H](Cc2ccccc2)C(=O)N[C@@H](CCC(=O)O)C(=O)N[C@@H](CC(N)=O)C(=O)N1.O=C(O)C(F)(F)F. The van der Waals surface area contributed by atoms with Crippen LogP contribution in [0.3, 0.4) is 0 Å². The van der Waals surface area contributed by atoms with E-state index in [-0.39, 0.29) is 74.8 Å². The number of carboxylic acid groups (broad SMARTS) is 2. The summed E-state index contributed by atoms with van der Waals surface area (Å²) in [5.41, 5.74) is 22.6. The van der Waals surface area contributed by atoms with Gasteiger partial charge in [0.05, 0.1) is 13.0 Å². The van der Waals surface area contributed by atoms with Crippen molar-refractivity contribution in [2.45, 2.75) is 113 Å². The van der Waals surface area contributed by atoms with Gasteiger partial charge in [0.15, 0.2) is 5.96 Å². The molecule has 2 aliphatic heterocycles. The third-order valence-electron chi connectivity index (χ3n) is 11.7. The minimum atomic E-state index is -5.08. The van der Waals surface area contributed by atoms with Gasteiger partial charge in [0.25, 0.3) is 0 Å². The molecule has 2 aromatic carbocycles. The number of rotatable bonds is 19. The predicted molar refractivity (Wildman–Crippen MR) is 284 cm³/mol. The summed E-state index contributed by atoms with van der Waals surface area (Å²) < 4.78 is 31.7. The lowest BCUT2D eigenvalue weighted by molar-refractivity contribution is -0.192. The minimum absolute atomic E-state index is 0.00665. The number of aromatic hydroxyl groups is 1. The highest BCUT2D eigenvalue weighted by molar-refractivity contribution is 8.76. The van der Waals surface area contributed by atoms with Crippen LogP contribution in [-0.2, 0) is 70.4 Å². The van der Waals surface area contributed by atoms with Crippen LogP contribution in [0.4, 0.5) is 13.2 Å². The molecule has 2 saturated heterocycles. The number of nitrogens with one attached hydrogen (secondary N) is 7. The molecule has 0 saturated carbocycles. The van der Waals surface area contributed by atoms with E-state index in [9.17, 15) is 76.1 Å². The summed E-state index contributed by atoms with van der Waals surface area (Å²) in [6, 6.07) is 4.21. The topological polar surface area (TPSA) is 469 Å². The van der Waals surface area contributed by atoms with Gasteiger partial charge in [-0.25, -0.2) is 4.79 Å². The van der Waals surface area contributed by atoms with Crippen molar-refractivity contribution < 1.29 is 86.0 Å². The Morgan fingerprint density at radius 1 is 0.753 bits per heavy atom. The van der Waals surface area contributed by atoms with Crippen molar-refractivity contribution in [1.82, 2.24) is 42.1 Å². The normalized spacial score (nSPS) is 20.8. The molecule has 28 nitrogen and oxygen atoms in total. The molecule has 2 fully saturated rings. The molecule has 444 valence electrons. The summed E-state index contributed by atoms with van der Waals surface area (Å²) in [5, 5.41) is 44.3. The lowest BCUT2D eigenvalue weighted by Gasteiger charge is -2.31. The van der Waals surface area contributed by atoms with Crippen LogP contribution >= 0.6 is 21.6 Å². The van der Waals surface area contributed by atoms with Crippen LogP contribution in [0.5, 0.6) is 5.75 Å². The zero-order chi connectivity index (χ0) is 60.4. The maximum absolute atomic E-state index is 14.5. The Kier molecular flexibility index (Phi) is 27.5. The molecule has 33 heteroatoms. The van der Waals surface area contributed by atoms with E-state index in [1.54, 1.807) is 42.5 Å². The van der Waals surface area contributed by atoms with Gasteiger partial charge >= 0.3 is 18.1 Å². The van der Waals surface area contributed by atoms with E-state index in [1.807, 2.05) is 0 Å². The molecule has 10 amide bonds. The van der Waals surface area contributed by atoms with Crippen LogP contribution in [-0.4, -0.2) is 177 Å². The zero-order valence-electron chi connectivity index (χ0n) is 43.2. The molecular weight excluding hydrogens is 1120 g/mol. The molecule has 4 rings (SSSR count). The number of hydrogen-bond acceptors (Lipinski definition) is 16. The van der Waals surface area contributed by atoms with Crippen LogP contribution in [0.2, 0.25) is 0 Å². The number of aliphatic carboxylic acids is 2. The Morgan fingerprint density at radius 3 is 1.90 bits per heavy atom. The molecule has 2 heterocycles. The van der Waals surface area contributed by atoms with E-state index in [2.05, 4.69) is 42.2 Å². The standard InChI is InChI=1S/C46H63N13O13S2.C2HF3O2/c47-35(61)22-32-43(70)58-33(45(72)59-18-5-9-34(59)44(71)55-28(8-4-17-51-46(49)50)39(66)52-23-36(48)62)24-74-73-19-16-37(63)53-30(21-26-10-12-27(60)13-11-26)41(68)56-31(20-25-6-2-1-3-7-25)42(69)54-29(40(67)57-32)14-15-38(64)65;3-2(4,5)1(6)7/h1-3,6-7,10-13,28-34,60H,4-5,8-9,14-24H2,(H2,47,61)(H2,48,62)(H,52,66)(H,53,63)(H,54,69)(H,55,71)(H,56,68)(H,57,67)(H,58,70)(H,64,65)(H4,49,50,51);(H,6,7)/t28-,29-,30-,31-,32-,33-,34-;/m0./s1. The first-order valence-corrected chi connectivity index (χ1v) is 27.2. The molecule has 18 N–H and O–H groups in total.